The lowest BCUT2D eigenvalue weighted by Crippen LogP contribution is -2.50. The zero-order chi connectivity index (χ0) is 10.5. The van der Waals surface area contributed by atoms with Crippen LogP contribution in [-0.2, 0) is 4.79 Å². The lowest BCUT2D eigenvalue weighted by atomic mass is 10.00. The average molecular weight is 205 g/mol. The van der Waals surface area contributed by atoms with E-state index in [4.69, 9.17) is 16.6 Å². The van der Waals surface area contributed by atoms with Gasteiger partial charge in [-0.3, -0.25) is 9.79 Å². The number of carboxylic acid groups (broad SMARTS) is 1. The fraction of sp³-hybridized carbons (Fsp3) is 0.714. The lowest BCUT2D eigenvalue weighted by Gasteiger charge is -2.20. The first-order valence-electron chi connectivity index (χ1n) is 3.82. The maximum absolute atomic E-state index is 10.7. The summed E-state index contributed by atoms with van der Waals surface area (Å²) in [6, 6.07) is 0. The summed E-state index contributed by atoms with van der Waals surface area (Å²) in [5.41, 5.74) is 9.52. The summed E-state index contributed by atoms with van der Waals surface area (Å²) < 4.78 is 0. The number of aliphatic imine (C=N–C) groups is 1. The molecule has 0 amide bonds. The van der Waals surface area contributed by atoms with Gasteiger partial charge in [0.1, 0.15) is 5.54 Å². The highest BCUT2D eigenvalue weighted by Gasteiger charge is 2.31. The van der Waals surface area contributed by atoms with E-state index in [0.29, 0.717) is 12.4 Å². The quantitative estimate of drug-likeness (QED) is 0.275. The van der Waals surface area contributed by atoms with E-state index >= 15 is 0 Å². The number of carbonyl (C=O) groups is 1. The second kappa shape index (κ2) is 5.08. The van der Waals surface area contributed by atoms with Gasteiger partial charge in [0.05, 0.1) is 5.84 Å². The van der Waals surface area contributed by atoms with Crippen molar-refractivity contribution in [2.75, 3.05) is 12.3 Å². The molecule has 0 aliphatic rings. The lowest BCUT2D eigenvalue weighted by molar-refractivity contribution is -0.142. The summed E-state index contributed by atoms with van der Waals surface area (Å²) in [6.07, 6.45) is 0.236. The molecular weight excluding hydrogens is 190 g/mol. The van der Waals surface area contributed by atoms with E-state index in [1.807, 2.05) is 0 Å². The number of hydrogen-bond acceptors (Lipinski definition) is 4. The molecule has 0 rings (SSSR count). The first-order chi connectivity index (χ1) is 5.92. The maximum Gasteiger partial charge on any atom is 0.324 e. The Hall–Kier alpha value is -0.750. The van der Waals surface area contributed by atoms with Crippen molar-refractivity contribution in [3.8, 4) is 0 Å². The van der Waals surface area contributed by atoms with Crippen LogP contribution < -0.4 is 11.5 Å². The molecular formula is C7H15N3O2S. The SMILES string of the molecule is CC(N)=NCCC(N)(CS)C(=O)O. The minimum absolute atomic E-state index is 0.0848. The molecule has 0 heterocycles. The van der Waals surface area contributed by atoms with Crippen molar-refractivity contribution >= 4 is 24.4 Å². The van der Waals surface area contributed by atoms with Crippen molar-refractivity contribution in [3.05, 3.63) is 0 Å². The van der Waals surface area contributed by atoms with Crippen molar-refractivity contribution < 1.29 is 9.90 Å². The molecule has 0 aliphatic heterocycles. The van der Waals surface area contributed by atoms with Crippen molar-refractivity contribution in [1.29, 1.82) is 0 Å². The Bertz CT molecular complexity index is 216. The number of nitrogens with zero attached hydrogens (tertiary/aromatic N) is 1. The summed E-state index contributed by atoms with van der Waals surface area (Å²) in [5, 5.41) is 8.74. The second-order valence-corrected chi connectivity index (χ2v) is 3.21. The molecule has 0 saturated carbocycles. The summed E-state index contributed by atoms with van der Waals surface area (Å²) in [4.78, 5) is 14.5. The van der Waals surface area contributed by atoms with Gasteiger partial charge < -0.3 is 16.6 Å². The molecule has 6 heteroatoms. The molecule has 0 saturated heterocycles. The van der Waals surface area contributed by atoms with Gasteiger partial charge in [0.15, 0.2) is 0 Å². The second-order valence-electron chi connectivity index (χ2n) is 2.89. The molecule has 0 bridgehead atoms. The van der Waals surface area contributed by atoms with Gasteiger partial charge in [0.2, 0.25) is 0 Å². The molecule has 1 atom stereocenters. The third-order valence-corrected chi connectivity index (χ3v) is 2.19. The Kier molecular flexibility index (Phi) is 4.79. The standard InChI is InChI=1S/C7H15N3O2S/c1-5(8)10-3-2-7(9,4-13)6(11)12/h13H,2-4,9H2,1H3,(H2,8,10)(H,11,12). The van der Waals surface area contributed by atoms with Gasteiger partial charge in [-0.1, -0.05) is 0 Å². The van der Waals surface area contributed by atoms with Crippen LogP contribution >= 0.6 is 12.6 Å². The monoisotopic (exact) mass is 205 g/mol. The number of aliphatic carboxylic acids is 1. The minimum Gasteiger partial charge on any atom is -0.480 e. The van der Waals surface area contributed by atoms with Crippen molar-refractivity contribution in [2.24, 2.45) is 16.5 Å². The number of thiol groups is 1. The van der Waals surface area contributed by atoms with Crippen LogP contribution in [0.5, 0.6) is 0 Å². The number of nitrogens with two attached hydrogens (primary N) is 2. The fourth-order valence-corrected chi connectivity index (χ4v) is 0.979. The molecule has 0 aliphatic carbocycles. The normalized spacial score (nSPS) is 16.7. The van der Waals surface area contributed by atoms with Crippen LogP contribution in [0.4, 0.5) is 0 Å². The van der Waals surface area contributed by atoms with E-state index in [1.165, 1.54) is 0 Å². The Morgan fingerprint density at radius 2 is 2.23 bits per heavy atom. The van der Waals surface area contributed by atoms with E-state index in [0.717, 1.165) is 0 Å². The van der Waals surface area contributed by atoms with Crippen LogP contribution in [0.25, 0.3) is 0 Å². The number of carboxylic acids is 1. The number of rotatable bonds is 5. The van der Waals surface area contributed by atoms with Crippen LogP contribution in [-0.4, -0.2) is 34.7 Å². The summed E-state index contributed by atoms with van der Waals surface area (Å²) in [6.45, 7) is 1.95. The number of hydrogen-bond donors (Lipinski definition) is 4. The van der Waals surface area contributed by atoms with E-state index in [2.05, 4.69) is 17.6 Å². The third kappa shape index (κ3) is 4.14. The zero-order valence-electron chi connectivity index (χ0n) is 7.53. The highest BCUT2D eigenvalue weighted by Crippen LogP contribution is 2.09. The Balaban J connectivity index is 4.14. The van der Waals surface area contributed by atoms with Gasteiger partial charge in [-0.25, -0.2) is 0 Å². The van der Waals surface area contributed by atoms with E-state index in [1.54, 1.807) is 6.92 Å². The maximum atomic E-state index is 10.7. The predicted molar refractivity (Wildman–Crippen MR) is 55.2 cm³/mol. The molecule has 5 N–H and O–H groups in total. The van der Waals surface area contributed by atoms with Gasteiger partial charge in [-0.2, -0.15) is 12.6 Å². The topological polar surface area (TPSA) is 102 Å². The first-order valence-corrected chi connectivity index (χ1v) is 4.45. The minimum atomic E-state index is -1.30. The smallest absolute Gasteiger partial charge is 0.324 e. The van der Waals surface area contributed by atoms with Crippen LogP contribution in [0, 0.1) is 0 Å². The predicted octanol–water partition coefficient (Wildman–Crippen LogP) is -0.534. The van der Waals surface area contributed by atoms with Gasteiger partial charge in [-0.05, 0) is 13.3 Å². The number of amidine groups is 1. The Morgan fingerprint density at radius 3 is 2.54 bits per heavy atom. The van der Waals surface area contributed by atoms with Crippen molar-refractivity contribution in [2.45, 2.75) is 18.9 Å². The summed E-state index contributed by atoms with van der Waals surface area (Å²) in [5.74, 6) is -0.555. The van der Waals surface area contributed by atoms with E-state index < -0.39 is 11.5 Å². The molecule has 0 aromatic heterocycles. The summed E-state index contributed by atoms with van der Waals surface area (Å²) >= 11 is 3.88. The largest absolute Gasteiger partial charge is 0.480 e. The van der Waals surface area contributed by atoms with Crippen LogP contribution in [0.1, 0.15) is 13.3 Å². The third-order valence-electron chi connectivity index (χ3n) is 1.63. The van der Waals surface area contributed by atoms with Crippen LogP contribution in [0.3, 0.4) is 0 Å². The molecule has 0 spiro atoms. The van der Waals surface area contributed by atoms with E-state index in [9.17, 15) is 4.79 Å². The van der Waals surface area contributed by atoms with Crippen LogP contribution in [0.15, 0.2) is 4.99 Å². The van der Waals surface area contributed by atoms with Gasteiger partial charge in [0, 0.05) is 12.3 Å². The fourth-order valence-electron chi connectivity index (χ4n) is 0.685. The highest BCUT2D eigenvalue weighted by atomic mass is 32.1. The highest BCUT2D eigenvalue weighted by molar-refractivity contribution is 7.80. The Labute approximate surface area is 82.6 Å². The van der Waals surface area contributed by atoms with Crippen molar-refractivity contribution in [3.63, 3.8) is 0 Å². The van der Waals surface area contributed by atoms with Gasteiger partial charge >= 0.3 is 5.97 Å². The summed E-state index contributed by atoms with van der Waals surface area (Å²) in [7, 11) is 0. The van der Waals surface area contributed by atoms with Gasteiger partial charge in [-0.15, -0.1) is 0 Å². The molecule has 76 valence electrons. The van der Waals surface area contributed by atoms with Crippen LogP contribution in [0.2, 0.25) is 0 Å². The van der Waals surface area contributed by atoms with Crippen molar-refractivity contribution in [1.82, 2.24) is 0 Å². The molecule has 0 fully saturated rings. The molecule has 0 aromatic rings. The Morgan fingerprint density at radius 1 is 1.69 bits per heavy atom. The molecule has 5 nitrogen and oxygen atoms in total. The zero-order valence-corrected chi connectivity index (χ0v) is 8.42. The first kappa shape index (κ1) is 12.2. The molecule has 0 radical (unpaired) electrons. The van der Waals surface area contributed by atoms with Gasteiger partial charge in [0.25, 0.3) is 0 Å². The van der Waals surface area contributed by atoms with E-state index in [-0.39, 0.29) is 12.2 Å². The molecule has 13 heavy (non-hydrogen) atoms. The molecule has 0 aromatic carbocycles. The average Bonchev–Trinajstić information content (AvgIpc) is 2.03. The molecule has 1 unspecified atom stereocenters.